The molecule has 5 nitrogen and oxygen atoms in total. The first-order chi connectivity index (χ1) is 11.0. The van der Waals surface area contributed by atoms with Gasteiger partial charge in [0.2, 0.25) is 0 Å². The lowest BCUT2D eigenvalue weighted by atomic mass is 10.2. The molecule has 0 atom stereocenters. The van der Waals surface area contributed by atoms with Crippen molar-refractivity contribution in [3.63, 3.8) is 0 Å². The first-order valence-corrected chi connectivity index (χ1v) is 8.07. The van der Waals surface area contributed by atoms with Crippen LogP contribution < -0.4 is 4.74 Å². The second-order valence-electron chi connectivity index (χ2n) is 4.84. The standard InChI is InChI=1S/C16H12FNO4S/c1-22-13-4-7-16-15(8-13)11(10-19)9-18(16)23(20,21)14-5-2-12(17)3-6-14/h2-10H,1H3. The number of nitrogens with zero attached hydrogens (tertiary/aromatic N) is 1. The summed E-state index contributed by atoms with van der Waals surface area (Å²) in [6, 6.07) is 9.26. The molecule has 0 fully saturated rings. The fourth-order valence-electron chi connectivity index (χ4n) is 2.34. The zero-order valence-corrected chi connectivity index (χ0v) is 12.9. The molecule has 1 aromatic heterocycles. The van der Waals surface area contributed by atoms with E-state index in [1.165, 1.54) is 25.4 Å². The summed E-state index contributed by atoms with van der Waals surface area (Å²) in [7, 11) is -2.46. The molecule has 118 valence electrons. The van der Waals surface area contributed by atoms with Crippen molar-refractivity contribution in [1.29, 1.82) is 0 Å². The minimum Gasteiger partial charge on any atom is -0.497 e. The van der Waals surface area contributed by atoms with Crippen LogP contribution in [0, 0.1) is 5.82 Å². The lowest BCUT2D eigenvalue weighted by Gasteiger charge is -2.08. The van der Waals surface area contributed by atoms with E-state index in [1.54, 1.807) is 18.2 Å². The summed E-state index contributed by atoms with van der Waals surface area (Å²) in [4.78, 5) is 11.2. The number of fused-ring (bicyclic) bond motifs is 1. The van der Waals surface area contributed by atoms with Gasteiger partial charge in [-0.2, -0.15) is 0 Å². The van der Waals surface area contributed by atoms with Crippen molar-refractivity contribution in [2.24, 2.45) is 0 Å². The van der Waals surface area contributed by atoms with E-state index in [0.29, 0.717) is 22.9 Å². The van der Waals surface area contributed by atoms with Gasteiger partial charge in [0, 0.05) is 17.1 Å². The molecule has 0 N–H and O–H groups in total. The summed E-state index contributed by atoms with van der Waals surface area (Å²) in [6.07, 6.45) is 1.83. The summed E-state index contributed by atoms with van der Waals surface area (Å²) < 4.78 is 44.6. The third-order valence-corrected chi connectivity index (χ3v) is 5.19. The molecular formula is C16H12FNO4S. The number of carbonyl (C=O) groups is 1. The highest BCUT2D eigenvalue weighted by Crippen LogP contribution is 2.28. The number of rotatable bonds is 4. The molecule has 2 aromatic carbocycles. The summed E-state index contributed by atoms with van der Waals surface area (Å²) in [5.74, 6) is -0.0165. The van der Waals surface area contributed by atoms with Crippen LogP contribution in [0.1, 0.15) is 10.4 Å². The van der Waals surface area contributed by atoms with Gasteiger partial charge in [-0.25, -0.2) is 16.8 Å². The van der Waals surface area contributed by atoms with Gasteiger partial charge in [0.15, 0.2) is 6.29 Å². The van der Waals surface area contributed by atoms with Crippen LogP contribution in [-0.2, 0) is 10.0 Å². The van der Waals surface area contributed by atoms with E-state index >= 15 is 0 Å². The predicted molar refractivity (Wildman–Crippen MR) is 82.9 cm³/mol. The van der Waals surface area contributed by atoms with E-state index in [2.05, 4.69) is 0 Å². The largest absolute Gasteiger partial charge is 0.497 e. The predicted octanol–water partition coefficient (Wildman–Crippen LogP) is 2.84. The van der Waals surface area contributed by atoms with Crippen molar-refractivity contribution in [3.05, 3.63) is 60.0 Å². The quantitative estimate of drug-likeness (QED) is 0.689. The van der Waals surface area contributed by atoms with E-state index in [4.69, 9.17) is 4.74 Å². The van der Waals surface area contributed by atoms with Crippen LogP contribution in [0.5, 0.6) is 5.75 Å². The summed E-state index contributed by atoms with van der Waals surface area (Å²) in [5, 5.41) is 0.463. The van der Waals surface area contributed by atoms with Gasteiger partial charge in [0.25, 0.3) is 10.0 Å². The van der Waals surface area contributed by atoms with Crippen LogP contribution in [0.15, 0.2) is 53.6 Å². The van der Waals surface area contributed by atoms with Crippen LogP contribution in [0.4, 0.5) is 4.39 Å². The summed E-state index contributed by atoms with van der Waals surface area (Å²) in [6.45, 7) is 0. The zero-order valence-electron chi connectivity index (χ0n) is 12.1. The minimum absolute atomic E-state index is 0.0657. The Morgan fingerprint density at radius 2 is 1.83 bits per heavy atom. The number of carbonyl (C=O) groups excluding carboxylic acids is 1. The average Bonchev–Trinajstić information content (AvgIpc) is 2.93. The highest BCUT2D eigenvalue weighted by atomic mass is 32.2. The van der Waals surface area contributed by atoms with Crippen LogP contribution in [0.2, 0.25) is 0 Å². The SMILES string of the molecule is COc1ccc2c(c1)c(C=O)cn2S(=O)(=O)c1ccc(F)cc1. The number of benzene rings is 2. The Hall–Kier alpha value is -2.67. The third kappa shape index (κ3) is 2.49. The van der Waals surface area contributed by atoms with Crippen molar-refractivity contribution in [2.75, 3.05) is 7.11 Å². The molecule has 0 saturated carbocycles. The first-order valence-electron chi connectivity index (χ1n) is 6.63. The fourth-order valence-corrected chi connectivity index (χ4v) is 3.72. The van der Waals surface area contributed by atoms with Crippen molar-refractivity contribution in [1.82, 2.24) is 3.97 Å². The monoisotopic (exact) mass is 333 g/mol. The average molecular weight is 333 g/mol. The summed E-state index contributed by atoms with van der Waals surface area (Å²) >= 11 is 0. The number of hydrogen-bond acceptors (Lipinski definition) is 4. The maximum atomic E-state index is 13.0. The molecule has 3 aromatic rings. The minimum atomic E-state index is -3.94. The number of ether oxygens (including phenoxy) is 1. The molecule has 0 amide bonds. The number of halogens is 1. The maximum absolute atomic E-state index is 13.0. The van der Waals surface area contributed by atoms with Crippen LogP contribution in [-0.4, -0.2) is 25.8 Å². The Kier molecular flexibility index (Phi) is 3.65. The molecule has 0 spiro atoms. The van der Waals surface area contributed by atoms with Gasteiger partial charge < -0.3 is 4.74 Å². The fraction of sp³-hybridized carbons (Fsp3) is 0.0625. The van der Waals surface area contributed by atoms with Crippen molar-refractivity contribution >= 4 is 27.2 Å². The molecule has 0 aliphatic carbocycles. The molecule has 0 aliphatic rings. The smallest absolute Gasteiger partial charge is 0.268 e. The molecular weight excluding hydrogens is 321 g/mol. The van der Waals surface area contributed by atoms with Gasteiger partial charge in [0.1, 0.15) is 11.6 Å². The first kappa shape index (κ1) is 15.2. The van der Waals surface area contributed by atoms with Gasteiger partial charge in [-0.1, -0.05) is 0 Å². The number of aromatic nitrogens is 1. The lowest BCUT2D eigenvalue weighted by Crippen LogP contribution is -2.11. The van der Waals surface area contributed by atoms with E-state index in [1.807, 2.05) is 0 Å². The summed E-state index contributed by atoms with van der Waals surface area (Å²) in [5.41, 5.74) is 0.571. The van der Waals surface area contributed by atoms with Crippen LogP contribution in [0.3, 0.4) is 0 Å². The molecule has 0 saturated heterocycles. The van der Waals surface area contributed by atoms with Gasteiger partial charge in [-0.3, -0.25) is 4.79 Å². The Morgan fingerprint density at radius 1 is 1.13 bits per heavy atom. The number of methoxy groups -OCH3 is 1. The van der Waals surface area contributed by atoms with Crippen LogP contribution >= 0.6 is 0 Å². The Balaban J connectivity index is 2.27. The number of hydrogen-bond donors (Lipinski definition) is 0. The van der Waals surface area contributed by atoms with Gasteiger partial charge in [-0.05, 0) is 42.5 Å². The van der Waals surface area contributed by atoms with E-state index in [9.17, 15) is 17.6 Å². The number of aldehydes is 1. The van der Waals surface area contributed by atoms with Crippen molar-refractivity contribution < 1.29 is 22.3 Å². The van der Waals surface area contributed by atoms with Crippen molar-refractivity contribution in [3.8, 4) is 5.75 Å². The third-order valence-electron chi connectivity index (χ3n) is 3.51. The Labute approximate surface area is 132 Å². The molecule has 3 rings (SSSR count). The van der Waals surface area contributed by atoms with Gasteiger partial charge >= 0.3 is 0 Å². The maximum Gasteiger partial charge on any atom is 0.268 e. The molecule has 0 bridgehead atoms. The van der Waals surface area contributed by atoms with E-state index in [0.717, 1.165) is 16.1 Å². The molecule has 0 unspecified atom stereocenters. The molecule has 23 heavy (non-hydrogen) atoms. The Morgan fingerprint density at radius 3 is 2.43 bits per heavy atom. The molecule has 7 heteroatoms. The Bertz CT molecular complexity index is 991. The van der Waals surface area contributed by atoms with Crippen LogP contribution in [0.25, 0.3) is 10.9 Å². The van der Waals surface area contributed by atoms with Crippen molar-refractivity contribution in [2.45, 2.75) is 4.90 Å². The van der Waals surface area contributed by atoms with E-state index < -0.39 is 15.8 Å². The molecule has 1 heterocycles. The highest BCUT2D eigenvalue weighted by Gasteiger charge is 2.21. The normalized spacial score (nSPS) is 11.6. The lowest BCUT2D eigenvalue weighted by molar-refractivity contribution is 0.112. The second kappa shape index (κ2) is 5.51. The highest BCUT2D eigenvalue weighted by molar-refractivity contribution is 7.90. The molecule has 0 aliphatic heterocycles. The molecule has 0 radical (unpaired) electrons. The zero-order chi connectivity index (χ0) is 16.6. The van der Waals surface area contributed by atoms with Gasteiger partial charge in [-0.15, -0.1) is 0 Å². The van der Waals surface area contributed by atoms with E-state index in [-0.39, 0.29) is 10.5 Å². The van der Waals surface area contributed by atoms with Gasteiger partial charge in [0.05, 0.1) is 17.5 Å². The topological polar surface area (TPSA) is 65.4 Å². The second-order valence-corrected chi connectivity index (χ2v) is 6.66.